The molecule has 11 nitrogen and oxygen atoms in total. The molecule has 1 aromatic heterocycles. The molecular formula is C19H24N6O5S2. The molecule has 2 unspecified atom stereocenters. The van der Waals surface area contributed by atoms with Crippen LogP contribution in [0, 0.1) is 0 Å². The number of carboxylic acid groups (broad SMARTS) is 1. The molecule has 2 fully saturated rings. The molecule has 3 N–H and O–H groups in total. The fraction of sp³-hybridized carbons (Fsp3) is 0.526. The van der Waals surface area contributed by atoms with E-state index in [0.29, 0.717) is 17.9 Å². The third-order valence-corrected chi connectivity index (χ3v) is 7.92. The maximum absolute atomic E-state index is 12.9. The van der Waals surface area contributed by atoms with Crippen molar-refractivity contribution in [3.05, 3.63) is 22.3 Å². The van der Waals surface area contributed by atoms with E-state index >= 15 is 0 Å². The Hall–Kier alpha value is -2.64. The van der Waals surface area contributed by atoms with Gasteiger partial charge in [0.05, 0.1) is 31.8 Å². The number of hydrogen-bond acceptors (Lipinski definition) is 10. The van der Waals surface area contributed by atoms with Gasteiger partial charge in [-0.1, -0.05) is 5.16 Å². The number of oxime groups is 1. The van der Waals surface area contributed by atoms with E-state index in [2.05, 4.69) is 22.5 Å². The van der Waals surface area contributed by atoms with Crippen molar-refractivity contribution in [1.29, 1.82) is 0 Å². The summed E-state index contributed by atoms with van der Waals surface area (Å²) in [6, 6.07) is -0.891. The highest BCUT2D eigenvalue weighted by Gasteiger charge is 2.53. The van der Waals surface area contributed by atoms with Crippen LogP contribution in [0.1, 0.15) is 18.5 Å². The first-order valence-electron chi connectivity index (χ1n) is 10.1. The zero-order valence-corrected chi connectivity index (χ0v) is 19.3. The highest BCUT2D eigenvalue weighted by Crippen LogP contribution is 2.41. The fourth-order valence-electron chi connectivity index (χ4n) is 4.41. The van der Waals surface area contributed by atoms with Crippen molar-refractivity contribution in [2.24, 2.45) is 5.16 Å². The second kappa shape index (κ2) is 8.71. The Balaban J connectivity index is 1.52. The lowest BCUT2D eigenvalue weighted by molar-refractivity contribution is -0.893. The lowest BCUT2D eigenvalue weighted by atomic mass is 10.0. The first-order chi connectivity index (χ1) is 15.2. The van der Waals surface area contributed by atoms with Crippen LogP contribution in [-0.4, -0.2) is 88.8 Å². The third kappa shape index (κ3) is 4.07. The van der Waals surface area contributed by atoms with Crippen LogP contribution in [0.5, 0.6) is 0 Å². The number of carbonyl (C=O) groups is 3. The van der Waals surface area contributed by atoms with Crippen LogP contribution in [0.25, 0.3) is 0 Å². The van der Waals surface area contributed by atoms with Crippen LogP contribution in [-0.2, 0) is 19.2 Å². The van der Waals surface area contributed by atoms with E-state index in [4.69, 9.17) is 10.6 Å². The summed E-state index contributed by atoms with van der Waals surface area (Å²) in [4.78, 5) is 47.7. The summed E-state index contributed by atoms with van der Waals surface area (Å²) in [6.45, 7) is 2.53. The minimum Gasteiger partial charge on any atom is -0.543 e. The number of anilines is 1. The number of likely N-dealkylation sites (tertiary alicyclic amines) is 1. The zero-order valence-electron chi connectivity index (χ0n) is 17.7. The first-order valence-corrected chi connectivity index (χ1v) is 12.0. The highest BCUT2D eigenvalue weighted by molar-refractivity contribution is 8.00. The molecule has 4 rings (SSSR count). The maximum atomic E-state index is 12.9. The number of nitrogen functional groups attached to an aromatic ring is 1. The van der Waals surface area contributed by atoms with Gasteiger partial charge in [-0.25, -0.2) is 4.98 Å². The van der Waals surface area contributed by atoms with Crippen molar-refractivity contribution < 1.29 is 28.8 Å². The van der Waals surface area contributed by atoms with E-state index in [1.54, 1.807) is 5.38 Å². The number of carbonyl (C=O) groups excluding carboxylic acids is 3. The Labute approximate surface area is 192 Å². The molecule has 3 aliphatic rings. The SMILES string of the molecule is CO/N=C(/C(=O)NC1C(=O)N2C(C(=O)[O-])=C(C[N+]3(C)CCCC3)CSC12)c1csc(N)n1. The molecule has 32 heavy (non-hydrogen) atoms. The average molecular weight is 481 g/mol. The van der Waals surface area contributed by atoms with E-state index in [9.17, 15) is 19.5 Å². The number of carboxylic acids is 1. The molecule has 2 amide bonds. The second-order valence-corrected chi connectivity index (χ2v) is 10.2. The number of nitrogens with one attached hydrogen (secondary N) is 1. The monoisotopic (exact) mass is 480 g/mol. The van der Waals surface area contributed by atoms with Crippen molar-refractivity contribution in [3.8, 4) is 0 Å². The Kier molecular flexibility index (Phi) is 6.14. The number of aromatic nitrogens is 1. The van der Waals surface area contributed by atoms with Gasteiger partial charge < -0.3 is 30.3 Å². The number of quaternary nitrogens is 1. The van der Waals surface area contributed by atoms with Crippen LogP contribution < -0.4 is 16.2 Å². The van der Waals surface area contributed by atoms with Gasteiger partial charge in [0.15, 0.2) is 10.8 Å². The third-order valence-electron chi connectivity index (χ3n) is 5.91. The number of fused-ring (bicyclic) bond motifs is 1. The molecule has 0 saturated carbocycles. The highest BCUT2D eigenvalue weighted by atomic mass is 32.2. The zero-order chi connectivity index (χ0) is 23.0. The lowest BCUT2D eigenvalue weighted by Gasteiger charge is -2.51. The van der Waals surface area contributed by atoms with Crippen molar-refractivity contribution in [1.82, 2.24) is 15.2 Å². The molecule has 3 aliphatic heterocycles. The molecule has 2 saturated heterocycles. The second-order valence-electron chi connectivity index (χ2n) is 8.23. The van der Waals surface area contributed by atoms with Gasteiger partial charge in [-0.2, -0.15) is 0 Å². The number of amides is 2. The standard InChI is InChI=1S/C19H24N6O5S2/c1-25(5-3-4-6-25)7-10-8-31-17-13(16(27)24(17)14(10)18(28)29)22-15(26)12(23-30-2)11-9-32-19(20)21-11/h9,13,17H,3-8H2,1-2H3,(H3-,20,21,22,26,28,29)/b23-12+. The van der Waals surface area contributed by atoms with Crippen LogP contribution in [0.4, 0.5) is 5.13 Å². The normalized spacial score (nSPS) is 24.8. The summed E-state index contributed by atoms with van der Waals surface area (Å²) in [5, 5.41) is 19.6. The number of thioether (sulfide) groups is 1. The van der Waals surface area contributed by atoms with E-state index in [0.717, 1.165) is 41.8 Å². The van der Waals surface area contributed by atoms with Gasteiger partial charge in [-0.15, -0.1) is 23.1 Å². The van der Waals surface area contributed by atoms with Gasteiger partial charge >= 0.3 is 0 Å². The van der Waals surface area contributed by atoms with E-state index in [1.807, 2.05) is 0 Å². The molecule has 2 atom stereocenters. The van der Waals surface area contributed by atoms with Gasteiger partial charge in [0.2, 0.25) is 0 Å². The summed E-state index contributed by atoms with van der Waals surface area (Å²) in [5.41, 5.74) is 6.39. The van der Waals surface area contributed by atoms with Crippen molar-refractivity contribution in [2.75, 3.05) is 45.3 Å². The van der Waals surface area contributed by atoms with Crippen LogP contribution in [0.15, 0.2) is 21.8 Å². The van der Waals surface area contributed by atoms with E-state index in [-0.39, 0.29) is 22.2 Å². The summed E-state index contributed by atoms with van der Waals surface area (Å²) >= 11 is 2.57. The molecule has 172 valence electrons. The molecule has 1 aromatic rings. The minimum absolute atomic E-state index is 0.0615. The Morgan fingerprint density at radius 1 is 1.44 bits per heavy atom. The lowest BCUT2D eigenvalue weighted by Crippen LogP contribution is -2.71. The number of thiazole rings is 1. The summed E-state index contributed by atoms with van der Waals surface area (Å²) in [7, 11) is 3.39. The van der Waals surface area contributed by atoms with Gasteiger partial charge in [0.25, 0.3) is 11.8 Å². The number of likely N-dealkylation sites (N-methyl/N-ethyl adjacent to an activating group) is 1. The molecule has 13 heteroatoms. The molecule has 4 heterocycles. The van der Waals surface area contributed by atoms with Gasteiger partial charge in [-0.05, 0) is 0 Å². The fourth-order valence-corrected chi connectivity index (χ4v) is 6.30. The summed E-state index contributed by atoms with van der Waals surface area (Å²) < 4.78 is 0.757. The predicted octanol–water partition coefficient (Wildman–Crippen LogP) is -1.28. The number of nitrogens with two attached hydrogens (primary N) is 1. The summed E-state index contributed by atoms with van der Waals surface area (Å²) in [6.07, 6.45) is 2.21. The van der Waals surface area contributed by atoms with Crippen LogP contribution in [0.3, 0.4) is 0 Å². The maximum Gasteiger partial charge on any atom is 0.276 e. The number of nitrogens with zero attached hydrogens (tertiary/aromatic N) is 4. The van der Waals surface area contributed by atoms with Crippen molar-refractivity contribution in [2.45, 2.75) is 24.3 Å². The smallest absolute Gasteiger partial charge is 0.276 e. The molecule has 0 radical (unpaired) electrons. The Morgan fingerprint density at radius 3 is 2.75 bits per heavy atom. The quantitative estimate of drug-likeness (QED) is 0.212. The minimum atomic E-state index is -1.37. The van der Waals surface area contributed by atoms with Crippen molar-refractivity contribution in [3.63, 3.8) is 0 Å². The largest absolute Gasteiger partial charge is 0.543 e. The Morgan fingerprint density at radius 2 is 2.16 bits per heavy atom. The van der Waals surface area contributed by atoms with Crippen molar-refractivity contribution >= 4 is 51.7 Å². The molecule has 0 aromatic carbocycles. The number of β-lactam (4-membered cyclic amide) rings is 1. The van der Waals surface area contributed by atoms with E-state index < -0.39 is 29.2 Å². The van der Waals surface area contributed by atoms with Crippen LogP contribution >= 0.6 is 23.1 Å². The predicted molar refractivity (Wildman–Crippen MR) is 117 cm³/mol. The number of hydrogen-bond donors (Lipinski definition) is 2. The summed E-state index contributed by atoms with van der Waals surface area (Å²) in [5.74, 6) is -2.06. The van der Waals surface area contributed by atoms with Gasteiger partial charge in [0.1, 0.15) is 30.8 Å². The first kappa shape index (κ1) is 22.6. The average Bonchev–Trinajstić information content (AvgIpc) is 3.37. The van der Waals surface area contributed by atoms with Crippen LogP contribution in [0.2, 0.25) is 0 Å². The molecule has 0 aliphatic carbocycles. The Bertz CT molecular complexity index is 1020. The molecular weight excluding hydrogens is 456 g/mol. The van der Waals surface area contributed by atoms with Gasteiger partial charge in [0, 0.05) is 29.5 Å². The topological polar surface area (TPSA) is 150 Å². The number of rotatable bonds is 7. The molecule has 0 bridgehead atoms. The van der Waals surface area contributed by atoms with Gasteiger partial charge in [-0.3, -0.25) is 14.5 Å². The number of aliphatic carboxylic acids is 1. The van der Waals surface area contributed by atoms with E-state index in [1.165, 1.54) is 23.8 Å². The molecule has 0 spiro atoms.